The predicted molar refractivity (Wildman–Crippen MR) is 167 cm³/mol. The molecule has 2 aliphatic heterocycles. The van der Waals surface area contributed by atoms with Crippen molar-refractivity contribution in [3.8, 4) is 5.75 Å². The lowest BCUT2D eigenvalue weighted by Gasteiger charge is -2.36. The standard InChI is InChI=1S/C31H31F4N9O5/c1-3-21-25(41-9-11-42(12-10-41)28(47)24-22(45)5-4-8-36-24)29(48)44-30(39-27(40-44)18-6-13-49-14-7-18)43(21)16-23(46)38-20-15-19(32)26(31(33,34)35)37-17(20)2/h4-6,8,15,45H,3,7,9-14,16H2,1-2H3,(H,38,46). The Hall–Kier alpha value is -5.39. The van der Waals surface area contributed by atoms with Crippen molar-refractivity contribution >= 4 is 34.5 Å². The molecule has 2 aliphatic rings. The lowest BCUT2D eigenvalue weighted by Crippen LogP contribution is -2.51. The zero-order valence-corrected chi connectivity index (χ0v) is 26.4. The number of fused-ring (bicyclic) bond motifs is 1. The summed E-state index contributed by atoms with van der Waals surface area (Å²) in [7, 11) is 0. The lowest BCUT2D eigenvalue weighted by atomic mass is 10.1. The van der Waals surface area contributed by atoms with E-state index >= 15 is 0 Å². The van der Waals surface area contributed by atoms with E-state index in [4.69, 9.17) is 4.74 Å². The number of alkyl halides is 3. The molecule has 0 unspecified atom stereocenters. The number of carbonyl (C=O) groups is 2. The van der Waals surface area contributed by atoms with Gasteiger partial charge in [-0.05, 0) is 37.5 Å². The molecule has 1 fully saturated rings. The molecule has 0 atom stereocenters. The number of rotatable bonds is 7. The first kappa shape index (κ1) is 33.5. The number of nitrogens with one attached hydrogen (secondary N) is 1. The Balaban J connectivity index is 1.36. The van der Waals surface area contributed by atoms with Crippen molar-refractivity contribution in [3.05, 3.63) is 75.2 Å². The van der Waals surface area contributed by atoms with Gasteiger partial charge in [0.25, 0.3) is 11.5 Å². The quantitative estimate of drug-likeness (QED) is 0.277. The summed E-state index contributed by atoms with van der Waals surface area (Å²) in [6, 6.07) is 3.44. The van der Waals surface area contributed by atoms with Crippen LogP contribution in [-0.4, -0.2) is 90.3 Å². The van der Waals surface area contributed by atoms with Crippen LogP contribution in [0, 0.1) is 12.7 Å². The number of ether oxygens (including phenoxy) is 1. The first-order valence-corrected chi connectivity index (χ1v) is 15.4. The highest BCUT2D eigenvalue weighted by Crippen LogP contribution is 2.32. The van der Waals surface area contributed by atoms with Crippen LogP contribution >= 0.6 is 0 Å². The van der Waals surface area contributed by atoms with Crippen LogP contribution in [-0.2, 0) is 28.7 Å². The average molecular weight is 686 g/mol. The normalized spacial score (nSPS) is 15.4. The van der Waals surface area contributed by atoms with Crippen LogP contribution in [0.1, 0.15) is 46.7 Å². The summed E-state index contributed by atoms with van der Waals surface area (Å²) in [6.45, 7) is 4.12. The van der Waals surface area contributed by atoms with Gasteiger partial charge in [0, 0.05) is 38.4 Å². The summed E-state index contributed by atoms with van der Waals surface area (Å²) in [5, 5.41) is 17.1. The van der Waals surface area contributed by atoms with E-state index in [1.54, 1.807) is 17.9 Å². The smallest absolute Gasteiger partial charge is 0.436 e. The molecule has 18 heteroatoms. The van der Waals surface area contributed by atoms with E-state index in [1.165, 1.54) is 34.7 Å². The maximum absolute atomic E-state index is 14.4. The molecular formula is C31H31F4N9O5. The Kier molecular flexibility index (Phi) is 9.06. The third kappa shape index (κ3) is 6.55. The molecule has 4 aromatic rings. The maximum Gasteiger partial charge on any atom is 0.436 e. The molecule has 14 nitrogen and oxygen atoms in total. The Labute approximate surface area is 275 Å². The van der Waals surface area contributed by atoms with Crippen molar-refractivity contribution < 1.29 is 37.0 Å². The number of aromatic nitrogens is 6. The van der Waals surface area contributed by atoms with Crippen molar-refractivity contribution in [2.24, 2.45) is 0 Å². The SMILES string of the molecule is CCc1c(N2CCN(C(=O)c3ncccc3O)CC2)c(=O)n2nc(C3=CCOCC3)nc2n1CC(=O)Nc1cc(F)c(C(F)(F)F)nc1C. The number of anilines is 2. The minimum absolute atomic E-state index is 0.0519. The van der Waals surface area contributed by atoms with Crippen LogP contribution in [0.15, 0.2) is 35.3 Å². The van der Waals surface area contributed by atoms with Crippen molar-refractivity contribution in [3.63, 3.8) is 0 Å². The van der Waals surface area contributed by atoms with Gasteiger partial charge in [-0.1, -0.05) is 13.0 Å². The van der Waals surface area contributed by atoms with Gasteiger partial charge in [0.05, 0.1) is 30.3 Å². The average Bonchev–Trinajstić information content (AvgIpc) is 3.53. The van der Waals surface area contributed by atoms with E-state index in [0.717, 1.165) is 10.1 Å². The monoisotopic (exact) mass is 685 g/mol. The zero-order valence-electron chi connectivity index (χ0n) is 26.4. The van der Waals surface area contributed by atoms with Crippen LogP contribution in [0.3, 0.4) is 0 Å². The van der Waals surface area contributed by atoms with Gasteiger partial charge < -0.3 is 29.5 Å². The third-order valence-electron chi connectivity index (χ3n) is 8.29. The van der Waals surface area contributed by atoms with Crippen LogP contribution < -0.4 is 15.8 Å². The van der Waals surface area contributed by atoms with Gasteiger partial charge in [-0.2, -0.15) is 22.7 Å². The van der Waals surface area contributed by atoms with Gasteiger partial charge in [-0.25, -0.2) is 14.4 Å². The molecule has 6 heterocycles. The third-order valence-corrected chi connectivity index (χ3v) is 8.29. The number of pyridine rings is 2. The summed E-state index contributed by atoms with van der Waals surface area (Å²) < 4.78 is 61.9. The second-order valence-corrected chi connectivity index (χ2v) is 11.4. The summed E-state index contributed by atoms with van der Waals surface area (Å²) in [5.74, 6) is -2.77. The summed E-state index contributed by atoms with van der Waals surface area (Å²) in [5.41, 5.74) is -1.38. The number of aryl methyl sites for hydroxylation is 1. The number of halogens is 4. The fourth-order valence-corrected chi connectivity index (χ4v) is 5.88. The fraction of sp³-hybridized carbons (Fsp3) is 0.387. The van der Waals surface area contributed by atoms with E-state index < -0.39 is 41.6 Å². The van der Waals surface area contributed by atoms with Crippen LogP contribution in [0.5, 0.6) is 5.75 Å². The van der Waals surface area contributed by atoms with Gasteiger partial charge in [-0.15, -0.1) is 5.10 Å². The van der Waals surface area contributed by atoms with Gasteiger partial charge in [0.1, 0.15) is 18.0 Å². The summed E-state index contributed by atoms with van der Waals surface area (Å²) in [6.07, 6.45) is -1.07. The fourth-order valence-electron chi connectivity index (χ4n) is 5.88. The summed E-state index contributed by atoms with van der Waals surface area (Å²) in [4.78, 5) is 55.8. The minimum Gasteiger partial charge on any atom is -0.505 e. The minimum atomic E-state index is -5.02. The van der Waals surface area contributed by atoms with Crippen molar-refractivity contribution in [2.45, 2.75) is 39.4 Å². The van der Waals surface area contributed by atoms with Crippen LogP contribution in [0.2, 0.25) is 0 Å². The van der Waals surface area contributed by atoms with Crippen molar-refractivity contribution in [1.29, 1.82) is 0 Å². The van der Waals surface area contributed by atoms with Crippen molar-refractivity contribution in [2.75, 3.05) is 49.6 Å². The number of aromatic hydroxyl groups is 1. The molecule has 2 N–H and O–H groups in total. The molecule has 0 bridgehead atoms. The van der Waals surface area contributed by atoms with E-state index in [-0.39, 0.29) is 72.7 Å². The number of piperazine rings is 1. The first-order valence-electron chi connectivity index (χ1n) is 15.4. The van der Waals surface area contributed by atoms with E-state index in [2.05, 4.69) is 25.4 Å². The second-order valence-electron chi connectivity index (χ2n) is 11.4. The molecule has 258 valence electrons. The molecule has 0 radical (unpaired) electrons. The Bertz CT molecular complexity index is 2030. The van der Waals surface area contributed by atoms with E-state index in [1.807, 2.05) is 0 Å². The number of hydrogen-bond acceptors (Lipinski definition) is 10. The number of nitrogens with zero attached hydrogens (tertiary/aromatic N) is 8. The van der Waals surface area contributed by atoms with Gasteiger partial charge >= 0.3 is 6.18 Å². The highest BCUT2D eigenvalue weighted by Gasteiger charge is 2.37. The molecule has 2 amide bonds. The number of amides is 2. The Morgan fingerprint density at radius 2 is 1.90 bits per heavy atom. The highest BCUT2D eigenvalue weighted by atomic mass is 19.4. The topological polar surface area (TPSA) is 160 Å². The van der Waals surface area contributed by atoms with E-state index in [9.17, 15) is 37.1 Å². The van der Waals surface area contributed by atoms with Crippen molar-refractivity contribution in [1.82, 2.24) is 34.0 Å². The van der Waals surface area contributed by atoms with Gasteiger partial charge in [0.15, 0.2) is 23.0 Å². The van der Waals surface area contributed by atoms with Crippen LogP contribution in [0.25, 0.3) is 11.4 Å². The zero-order chi connectivity index (χ0) is 35.0. The maximum atomic E-state index is 14.4. The Morgan fingerprint density at radius 3 is 2.55 bits per heavy atom. The summed E-state index contributed by atoms with van der Waals surface area (Å²) >= 11 is 0. The number of carbonyl (C=O) groups excluding carboxylic acids is 2. The molecule has 49 heavy (non-hydrogen) atoms. The molecule has 4 aromatic heterocycles. The molecular weight excluding hydrogens is 654 g/mol. The van der Waals surface area contributed by atoms with Crippen LogP contribution in [0.4, 0.5) is 28.9 Å². The van der Waals surface area contributed by atoms with E-state index in [0.29, 0.717) is 31.4 Å². The molecule has 0 spiro atoms. The van der Waals surface area contributed by atoms with Gasteiger partial charge in [0.2, 0.25) is 11.7 Å². The second kappa shape index (κ2) is 13.3. The molecule has 0 aromatic carbocycles. The highest BCUT2D eigenvalue weighted by molar-refractivity contribution is 5.95. The molecule has 1 saturated heterocycles. The molecule has 0 aliphatic carbocycles. The molecule has 0 saturated carbocycles. The number of hydrogen-bond donors (Lipinski definition) is 2. The van der Waals surface area contributed by atoms with Gasteiger partial charge in [-0.3, -0.25) is 14.4 Å². The lowest BCUT2D eigenvalue weighted by molar-refractivity contribution is -0.143. The first-order chi connectivity index (χ1) is 23.4. The largest absolute Gasteiger partial charge is 0.505 e. The predicted octanol–water partition coefficient (Wildman–Crippen LogP) is 2.82. The molecule has 6 rings (SSSR count). The Morgan fingerprint density at radius 1 is 1.14 bits per heavy atom.